The van der Waals surface area contributed by atoms with Crippen molar-refractivity contribution in [2.75, 3.05) is 25.1 Å². The molecule has 0 amide bonds. The Labute approximate surface area is 164 Å². The molecule has 2 aromatic rings. The van der Waals surface area contributed by atoms with Crippen molar-refractivity contribution in [2.24, 2.45) is 5.10 Å². The molecule has 0 fully saturated rings. The Balaban J connectivity index is 1.59. The second kappa shape index (κ2) is 9.23. The normalized spacial score (nSPS) is 13.5. The molecule has 0 aromatic heterocycles. The molecule has 0 unspecified atom stereocenters. The van der Waals surface area contributed by atoms with Crippen molar-refractivity contribution in [3.05, 3.63) is 48.0 Å². The molecule has 6 nitrogen and oxygen atoms in total. The highest BCUT2D eigenvalue weighted by molar-refractivity contribution is 7.80. The maximum absolute atomic E-state index is 5.72. The molecule has 0 saturated carbocycles. The summed E-state index contributed by atoms with van der Waals surface area (Å²) in [5, 5.41) is 7.85. The van der Waals surface area contributed by atoms with Gasteiger partial charge in [-0.15, -0.1) is 0 Å². The number of nitrogens with one attached hydrogen (secondary N) is 2. The zero-order valence-corrected chi connectivity index (χ0v) is 16.3. The Kier molecular flexibility index (Phi) is 6.49. The minimum atomic E-state index is 0.410. The van der Waals surface area contributed by atoms with Crippen LogP contribution in [0.2, 0.25) is 0 Å². The standard InChI is InChI=1S/C20H23N3O3S/c1-3-24-17-8-6-16(7-9-17)21-20(27)23-22-14(2)15-5-10-18-19(13-15)26-12-4-11-25-18/h5-10,13H,3-4,11-12H2,1-2H3,(H2,21,23,27)/b22-14-. The van der Waals surface area contributed by atoms with E-state index >= 15 is 0 Å². The molecule has 0 radical (unpaired) electrons. The van der Waals surface area contributed by atoms with Crippen molar-refractivity contribution >= 4 is 28.7 Å². The third-order valence-corrected chi connectivity index (χ3v) is 4.11. The highest BCUT2D eigenvalue weighted by Gasteiger charge is 2.11. The maximum Gasteiger partial charge on any atom is 0.191 e. The fourth-order valence-corrected chi connectivity index (χ4v) is 2.71. The van der Waals surface area contributed by atoms with Crippen LogP contribution in [0.3, 0.4) is 0 Å². The molecule has 3 rings (SSSR count). The van der Waals surface area contributed by atoms with Gasteiger partial charge < -0.3 is 19.5 Å². The third-order valence-electron chi connectivity index (χ3n) is 3.91. The van der Waals surface area contributed by atoms with Crippen LogP contribution in [0.25, 0.3) is 0 Å². The molecular weight excluding hydrogens is 362 g/mol. The number of fused-ring (bicyclic) bond motifs is 1. The van der Waals surface area contributed by atoms with Gasteiger partial charge in [-0.3, -0.25) is 5.43 Å². The van der Waals surface area contributed by atoms with Gasteiger partial charge in [0, 0.05) is 17.7 Å². The van der Waals surface area contributed by atoms with E-state index in [-0.39, 0.29) is 0 Å². The van der Waals surface area contributed by atoms with Gasteiger partial charge in [0.25, 0.3) is 0 Å². The van der Waals surface area contributed by atoms with Crippen molar-refractivity contribution < 1.29 is 14.2 Å². The van der Waals surface area contributed by atoms with E-state index in [1.807, 2.05) is 56.3 Å². The van der Waals surface area contributed by atoms with E-state index in [0.717, 1.165) is 40.6 Å². The number of thiocarbonyl (C=S) groups is 1. The monoisotopic (exact) mass is 385 g/mol. The van der Waals surface area contributed by atoms with E-state index < -0.39 is 0 Å². The first-order valence-corrected chi connectivity index (χ1v) is 9.30. The Morgan fingerprint density at radius 3 is 2.59 bits per heavy atom. The van der Waals surface area contributed by atoms with Gasteiger partial charge in [-0.1, -0.05) is 0 Å². The quantitative estimate of drug-likeness (QED) is 0.461. The van der Waals surface area contributed by atoms with Crippen LogP contribution in [0.1, 0.15) is 25.8 Å². The first kappa shape index (κ1) is 19.0. The number of ether oxygens (including phenoxy) is 3. The van der Waals surface area contributed by atoms with E-state index in [2.05, 4.69) is 15.8 Å². The maximum atomic E-state index is 5.72. The van der Waals surface area contributed by atoms with Gasteiger partial charge >= 0.3 is 0 Å². The Morgan fingerprint density at radius 1 is 1.11 bits per heavy atom. The summed E-state index contributed by atoms with van der Waals surface area (Å²) >= 11 is 5.30. The van der Waals surface area contributed by atoms with Crippen molar-refractivity contribution in [2.45, 2.75) is 20.3 Å². The number of rotatable bonds is 5. The van der Waals surface area contributed by atoms with E-state index in [1.165, 1.54) is 0 Å². The molecule has 142 valence electrons. The number of nitrogens with zero attached hydrogens (tertiary/aromatic N) is 1. The van der Waals surface area contributed by atoms with Crippen molar-refractivity contribution in [3.63, 3.8) is 0 Å². The van der Waals surface area contributed by atoms with Gasteiger partial charge in [-0.2, -0.15) is 5.10 Å². The van der Waals surface area contributed by atoms with Crippen LogP contribution in [0.15, 0.2) is 47.6 Å². The molecule has 0 atom stereocenters. The molecule has 0 spiro atoms. The summed E-state index contributed by atoms with van der Waals surface area (Å²) in [7, 11) is 0. The molecular formula is C20H23N3O3S. The largest absolute Gasteiger partial charge is 0.494 e. The molecule has 0 saturated heterocycles. The van der Waals surface area contributed by atoms with Gasteiger partial charge in [-0.25, -0.2) is 0 Å². The van der Waals surface area contributed by atoms with Gasteiger partial charge in [0.2, 0.25) is 0 Å². The summed E-state index contributed by atoms with van der Waals surface area (Å²) < 4.78 is 16.8. The topological polar surface area (TPSA) is 64.1 Å². The third kappa shape index (κ3) is 5.34. The van der Waals surface area contributed by atoms with Crippen LogP contribution in [-0.4, -0.2) is 30.6 Å². The van der Waals surface area contributed by atoms with Crippen LogP contribution >= 0.6 is 12.2 Å². The van der Waals surface area contributed by atoms with Crippen LogP contribution < -0.4 is 25.0 Å². The highest BCUT2D eigenvalue weighted by Crippen LogP contribution is 2.30. The highest BCUT2D eigenvalue weighted by atomic mass is 32.1. The number of anilines is 1. The SMILES string of the molecule is CCOc1ccc(NC(=S)N/N=C(/C)c2ccc3c(c2)OCCCO3)cc1. The van der Waals surface area contributed by atoms with E-state index in [4.69, 9.17) is 26.4 Å². The van der Waals surface area contributed by atoms with Crippen LogP contribution in [-0.2, 0) is 0 Å². The molecule has 0 bridgehead atoms. The van der Waals surface area contributed by atoms with Gasteiger partial charge in [0.1, 0.15) is 5.75 Å². The van der Waals surface area contributed by atoms with Crippen LogP contribution in [0.5, 0.6) is 17.2 Å². The summed E-state index contributed by atoms with van der Waals surface area (Å²) in [4.78, 5) is 0. The van der Waals surface area contributed by atoms with E-state index in [9.17, 15) is 0 Å². The summed E-state index contributed by atoms with van der Waals surface area (Å²) in [5.74, 6) is 2.34. The average molecular weight is 385 g/mol. The van der Waals surface area contributed by atoms with Crippen molar-refractivity contribution in [1.29, 1.82) is 0 Å². The summed E-state index contributed by atoms with van der Waals surface area (Å²) in [6, 6.07) is 13.4. The lowest BCUT2D eigenvalue weighted by molar-refractivity contribution is 0.297. The molecule has 1 aliphatic heterocycles. The molecule has 7 heteroatoms. The Hall–Kier alpha value is -2.80. The molecule has 1 aliphatic rings. The summed E-state index contributed by atoms with van der Waals surface area (Å²) in [6.45, 7) is 5.83. The van der Waals surface area contributed by atoms with Crippen LogP contribution in [0.4, 0.5) is 5.69 Å². The lowest BCUT2D eigenvalue weighted by Gasteiger charge is -2.11. The molecule has 1 heterocycles. The second-order valence-electron chi connectivity index (χ2n) is 5.93. The van der Waals surface area contributed by atoms with Crippen molar-refractivity contribution in [1.82, 2.24) is 5.43 Å². The fraction of sp³-hybridized carbons (Fsp3) is 0.300. The van der Waals surface area contributed by atoms with Crippen LogP contribution in [0, 0.1) is 0 Å². The lowest BCUT2D eigenvalue weighted by atomic mass is 10.1. The number of hydrogen-bond acceptors (Lipinski definition) is 5. The Bertz CT molecular complexity index is 822. The second-order valence-corrected chi connectivity index (χ2v) is 6.34. The smallest absolute Gasteiger partial charge is 0.191 e. The molecule has 2 N–H and O–H groups in total. The first-order valence-electron chi connectivity index (χ1n) is 8.90. The zero-order valence-electron chi connectivity index (χ0n) is 15.5. The fourth-order valence-electron chi connectivity index (χ4n) is 2.55. The number of hydrazone groups is 1. The number of benzene rings is 2. The zero-order chi connectivity index (χ0) is 19.1. The average Bonchev–Trinajstić information content (AvgIpc) is 2.92. The molecule has 2 aromatic carbocycles. The van der Waals surface area contributed by atoms with Gasteiger partial charge in [-0.05, 0) is 68.5 Å². The minimum absolute atomic E-state index is 0.410. The van der Waals surface area contributed by atoms with E-state index in [0.29, 0.717) is 24.9 Å². The van der Waals surface area contributed by atoms with E-state index in [1.54, 1.807) is 0 Å². The minimum Gasteiger partial charge on any atom is -0.494 e. The number of hydrogen-bond donors (Lipinski definition) is 2. The predicted octanol–water partition coefficient (Wildman–Crippen LogP) is 3.96. The predicted molar refractivity (Wildman–Crippen MR) is 111 cm³/mol. The van der Waals surface area contributed by atoms with Crippen molar-refractivity contribution in [3.8, 4) is 17.2 Å². The summed E-state index contributed by atoms with van der Waals surface area (Å²) in [5.41, 5.74) is 5.46. The molecule has 0 aliphatic carbocycles. The summed E-state index contributed by atoms with van der Waals surface area (Å²) in [6.07, 6.45) is 0.879. The van der Waals surface area contributed by atoms with Gasteiger partial charge in [0.05, 0.1) is 25.5 Å². The Morgan fingerprint density at radius 2 is 1.85 bits per heavy atom. The first-order chi connectivity index (χ1) is 13.2. The lowest BCUT2D eigenvalue weighted by Crippen LogP contribution is -2.24. The van der Waals surface area contributed by atoms with Gasteiger partial charge in [0.15, 0.2) is 16.6 Å². The molecule has 27 heavy (non-hydrogen) atoms.